The van der Waals surface area contributed by atoms with Gasteiger partial charge in [-0.15, -0.1) is 0 Å². The van der Waals surface area contributed by atoms with E-state index in [2.05, 4.69) is 9.97 Å². The second-order valence-corrected chi connectivity index (χ2v) is 4.37. The Hall–Kier alpha value is -2.05. The zero-order valence-electron chi connectivity index (χ0n) is 11.3. The van der Waals surface area contributed by atoms with Crippen molar-refractivity contribution in [3.05, 3.63) is 16.7 Å². The van der Waals surface area contributed by atoms with Crippen LogP contribution in [0, 0.1) is 0 Å². The molecule has 0 aliphatic carbocycles. The van der Waals surface area contributed by atoms with Crippen LogP contribution in [0.4, 0.5) is 5.82 Å². The number of carbonyl (C=O) groups is 1. The lowest BCUT2D eigenvalue weighted by molar-refractivity contribution is -0.137. The average molecular weight is 269 g/mol. The highest BCUT2D eigenvalue weighted by Crippen LogP contribution is 2.22. The molecule has 19 heavy (non-hydrogen) atoms. The number of nitrogens with one attached hydrogen (secondary N) is 1. The van der Waals surface area contributed by atoms with Gasteiger partial charge in [0, 0.05) is 19.0 Å². The third kappa shape index (κ3) is 3.97. The van der Waals surface area contributed by atoms with Crippen LogP contribution in [-0.4, -0.2) is 40.7 Å². The first kappa shape index (κ1) is 15.0. The van der Waals surface area contributed by atoms with Crippen molar-refractivity contribution in [3.63, 3.8) is 0 Å². The van der Waals surface area contributed by atoms with Gasteiger partial charge < -0.3 is 19.7 Å². The van der Waals surface area contributed by atoms with Crippen LogP contribution < -0.4 is 15.2 Å². The summed E-state index contributed by atoms with van der Waals surface area (Å²) >= 11 is 0. The molecule has 2 N–H and O–H groups in total. The topological polar surface area (TPSA) is 95.5 Å². The number of aromatic amines is 1. The van der Waals surface area contributed by atoms with Crippen molar-refractivity contribution in [3.8, 4) is 5.75 Å². The molecule has 0 spiro atoms. The molecule has 106 valence electrons. The van der Waals surface area contributed by atoms with E-state index in [1.807, 2.05) is 18.7 Å². The maximum Gasteiger partial charge on any atom is 0.303 e. The minimum atomic E-state index is -0.838. The van der Waals surface area contributed by atoms with E-state index >= 15 is 0 Å². The first-order valence-corrected chi connectivity index (χ1v) is 6.07. The number of aromatic nitrogens is 2. The van der Waals surface area contributed by atoms with Crippen LogP contribution in [0.2, 0.25) is 0 Å². The molecule has 1 heterocycles. The Balaban J connectivity index is 2.96. The zero-order chi connectivity index (χ0) is 14.4. The van der Waals surface area contributed by atoms with Crippen molar-refractivity contribution in [2.75, 3.05) is 18.6 Å². The minimum absolute atomic E-state index is 0.0781. The lowest BCUT2D eigenvalue weighted by Crippen LogP contribution is -2.34. The van der Waals surface area contributed by atoms with E-state index in [1.54, 1.807) is 0 Å². The number of nitrogens with zero attached hydrogens (tertiary/aromatic N) is 2. The molecule has 0 aromatic carbocycles. The van der Waals surface area contributed by atoms with Gasteiger partial charge in [-0.1, -0.05) is 0 Å². The molecule has 7 nitrogen and oxygen atoms in total. The quantitative estimate of drug-likeness (QED) is 0.762. The third-order valence-corrected chi connectivity index (χ3v) is 2.68. The van der Waals surface area contributed by atoms with E-state index < -0.39 is 5.97 Å². The number of hydrogen-bond donors (Lipinski definition) is 2. The van der Waals surface area contributed by atoms with E-state index in [4.69, 9.17) is 9.84 Å². The predicted molar refractivity (Wildman–Crippen MR) is 70.8 cm³/mol. The number of ether oxygens (including phenoxy) is 1. The van der Waals surface area contributed by atoms with Crippen LogP contribution in [-0.2, 0) is 4.79 Å². The van der Waals surface area contributed by atoms with Crippen molar-refractivity contribution in [2.45, 2.75) is 32.7 Å². The molecule has 1 aromatic rings. The van der Waals surface area contributed by atoms with Gasteiger partial charge in [0.15, 0.2) is 5.82 Å². The number of aliphatic carboxylic acids is 1. The van der Waals surface area contributed by atoms with Crippen molar-refractivity contribution < 1.29 is 14.6 Å². The van der Waals surface area contributed by atoms with E-state index in [-0.39, 0.29) is 23.8 Å². The molecular weight excluding hydrogens is 250 g/mol. The smallest absolute Gasteiger partial charge is 0.303 e. The fourth-order valence-corrected chi connectivity index (χ4v) is 1.78. The Morgan fingerprint density at radius 3 is 2.79 bits per heavy atom. The molecule has 0 aliphatic heterocycles. The summed E-state index contributed by atoms with van der Waals surface area (Å²) in [5, 5.41) is 8.67. The van der Waals surface area contributed by atoms with Crippen LogP contribution in [0.5, 0.6) is 5.75 Å². The molecule has 0 bridgehead atoms. The molecular formula is C12H19N3O4. The van der Waals surface area contributed by atoms with Crippen LogP contribution in [0.25, 0.3) is 0 Å². The zero-order valence-corrected chi connectivity index (χ0v) is 11.3. The van der Waals surface area contributed by atoms with Gasteiger partial charge >= 0.3 is 5.97 Å². The highest BCUT2D eigenvalue weighted by Gasteiger charge is 2.19. The summed E-state index contributed by atoms with van der Waals surface area (Å²) in [4.78, 5) is 30.6. The van der Waals surface area contributed by atoms with Gasteiger partial charge in [-0.3, -0.25) is 9.59 Å². The van der Waals surface area contributed by atoms with Crippen molar-refractivity contribution in [2.24, 2.45) is 0 Å². The van der Waals surface area contributed by atoms with Gasteiger partial charge in [0.1, 0.15) is 0 Å². The Bertz CT molecular complexity index is 484. The fraction of sp³-hybridized carbons (Fsp3) is 0.583. The van der Waals surface area contributed by atoms with Crippen LogP contribution in [0.1, 0.15) is 26.7 Å². The molecule has 1 rings (SSSR count). The standard InChI is InChI=1S/C12H19N3O4/c1-8(2)15(6-4-5-9(16)17)11-10(19-3)12(18)14-7-13-11/h7-8H,4-6H2,1-3H3,(H,16,17)(H,13,14,18). The number of carboxylic acids is 1. The number of rotatable bonds is 7. The number of methoxy groups -OCH3 is 1. The fourth-order valence-electron chi connectivity index (χ4n) is 1.78. The molecule has 0 atom stereocenters. The van der Waals surface area contributed by atoms with Crippen LogP contribution in [0.3, 0.4) is 0 Å². The molecule has 1 aromatic heterocycles. The normalized spacial score (nSPS) is 10.5. The van der Waals surface area contributed by atoms with Gasteiger partial charge in [0.05, 0.1) is 13.4 Å². The van der Waals surface area contributed by atoms with E-state index in [1.165, 1.54) is 13.4 Å². The molecule has 0 fully saturated rings. The number of carboxylic acid groups (broad SMARTS) is 1. The summed E-state index contributed by atoms with van der Waals surface area (Å²) in [5.74, 6) is -0.257. The Kier molecular flexibility index (Phi) is 5.35. The minimum Gasteiger partial charge on any atom is -0.489 e. The van der Waals surface area contributed by atoms with E-state index in [0.29, 0.717) is 18.8 Å². The molecule has 0 aliphatic rings. The lowest BCUT2D eigenvalue weighted by atomic mass is 10.2. The first-order valence-electron chi connectivity index (χ1n) is 6.07. The number of H-pyrrole nitrogens is 1. The Labute approximate surface area is 111 Å². The van der Waals surface area contributed by atoms with Gasteiger partial charge in [-0.05, 0) is 20.3 Å². The summed E-state index contributed by atoms with van der Waals surface area (Å²) in [6.45, 7) is 4.39. The first-order chi connectivity index (χ1) is 8.97. The summed E-state index contributed by atoms with van der Waals surface area (Å²) in [6, 6.07) is 0.0806. The van der Waals surface area contributed by atoms with E-state index in [9.17, 15) is 9.59 Å². The van der Waals surface area contributed by atoms with Gasteiger partial charge in [-0.25, -0.2) is 4.98 Å². The van der Waals surface area contributed by atoms with Gasteiger partial charge in [0.25, 0.3) is 5.56 Å². The number of hydrogen-bond acceptors (Lipinski definition) is 5. The van der Waals surface area contributed by atoms with Crippen LogP contribution in [0.15, 0.2) is 11.1 Å². The Morgan fingerprint density at radius 2 is 2.26 bits per heavy atom. The molecule has 0 radical (unpaired) electrons. The van der Waals surface area contributed by atoms with Crippen molar-refractivity contribution in [1.82, 2.24) is 9.97 Å². The molecule has 0 saturated carbocycles. The SMILES string of the molecule is COc1c(N(CCCC(=O)O)C(C)C)nc[nH]c1=O. The summed E-state index contributed by atoms with van der Waals surface area (Å²) < 4.78 is 5.07. The maximum atomic E-state index is 11.6. The lowest BCUT2D eigenvalue weighted by Gasteiger charge is -2.28. The highest BCUT2D eigenvalue weighted by molar-refractivity contribution is 5.66. The molecule has 0 saturated heterocycles. The second-order valence-electron chi connectivity index (χ2n) is 4.37. The largest absolute Gasteiger partial charge is 0.489 e. The van der Waals surface area contributed by atoms with E-state index in [0.717, 1.165) is 0 Å². The predicted octanol–water partition coefficient (Wildman–Crippen LogP) is 0.858. The number of anilines is 1. The summed E-state index contributed by atoms with van der Waals surface area (Å²) in [5.41, 5.74) is -0.351. The monoisotopic (exact) mass is 269 g/mol. The maximum absolute atomic E-state index is 11.6. The summed E-state index contributed by atoms with van der Waals surface area (Å²) in [7, 11) is 1.41. The van der Waals surface area contributed by atoms with Crippen molar-refractivity contribution in [1.29, 1.82) is 0 Å². The van der Waals surface area contributed by atoms with Gasteiger partial charge in [0.2, 0.25) is 5.75 Å². The van der Waals surface area contributed by atoms with Crippen LogP contribution >= 0.6 is 0 Å². The highest BCUT2D eigenvalue weighted by atomic mass is 16.5. The molecule has 0 amide bonds. The molecule has 7 heteroatoms. The Morgan fingerprint density at radius 1 is 1.58 bits per heavy atom. The molecule has 0 unspecified atom stereocenters. The average Bonchev–Trinajstić information content (AvgIpc) is 2.33. The second kappa shape index (κ2) is 6.77. The van der Waals surface area contributed by atoms with Crippen molar-refractivity contribution >= 4 is 11.8 Å². The summed E-state index contributed by atoms with van der Waals surface area (Å²) in [6.07, 6.45) is 1.87. The van der Waals surface area contributed by atoms with Gasteiger partial charge in [-0.2, -0.15) is 0 Å². The third-order valence-electron chi connectivity index (χ3n) is 2.68.